The second kappa shape index (κ2) is 13.1. The quantitative estimate of drug-likeness (QED) is 0.397. The van der Waals surface area contributed by atoms with E-state index in [1.165, 1.54) is 34.6 Å². The number of aromatic nitrogens is 4. The molecule has 4 rings (SSSR count). The standard InChI is InChI=1S/C15H18FN3O2S.C10H10FN3S.ClH/c1-9-13(19(5)14(20)21-15(2,3)4)22-12(18-9)10-6-11(16)8-17-7-10;1-6-9(12-2)15-10(14-6)7-3-8(11)5-13-4-7;/h6-8H,1-5H3;3-5,12H,1-2H3;1H. The molecule has 38 heavy (non-hydrogen) atoms. The Morgan fingerprint density at radius 3 is 1.87 bits per heavy atom. The van der Waals surface area contributed by atoms with Gasteiger partial charge in [0.15, 0.2) is 0 Å². The van der Waals surface area contributed by atoms with Gasteiger partial charge in [-0.1, -0.05) is 22.7 Å². The summed E-state index contributed by atoms with van der Waals surface area (Å²) in [6.07, 6.45) is 5.04. The Hall–Kier alpha value is -3.06. The van der Waals surface area contributed by atoms with Crippen molar-refractivity contribution in [3.05, 3.63) is 59.9 Å². The Labute approximate surface area is 234 Å². The number of hydrogen-bond acceptors (Lipinski definition) is 8. The zero-order valence-corrected chi connectivity index (χ0v) is 24.4. The van der Waals surface area contributed by atoms with Crippen molar-refractivity contribution in [3.8, 4) is 21.1 Å². The molecule has 0 saturated carbocycles. The third kappa shape index (κ3) is 8.22. The largest absolute Gasteiger partial charge is 1.00 e. The first-order chi connectivity index (χ1) is 17.4. The van der Waals surface area contributed by atoms with E-state index in [9.17, 15) is 13.6 Å². The van der Waals surface area contributed by atoms with E-state index < -0.39 is 17.5 Å². The van der Waals surface area contributed by atoms with E-state index in [2.05, 4.69) is 19.9 Å². The fourth-order valence-corrected chi connectivity index (χ4v) is 5.03. The summed E-state index contributed by atoms with van der Waals surface area (Å²) in [5, 5.41) is 5.20. The number of carbonyl (C=O) groups is 1. The van der Waals surface area contributed by atoms with Gasteiger partial charge in [-0.3, -0.25) is 14.9 Å². The maximum Gasteiger partial charge on any atom is 0.415 e. The number of amides is 1. The van der Waals surface area contributed by atoms with Gasteiger partial charge in [-0.25, -0.2) is 23.5 Å². The highest BCUT2D eigenvalue weighted by Gasteiger charge is 2.24. The molecule has 0 aromatic carbocycles. The topological polar surface area (TPSA) is 97.7 Å². The van der Waals surface area contributed by atoms with Crippen LogP contribution in [0.3, 0.4) is 0 Å². The number of carbonyl (C=O) groups excluding carboxylic acids is 1. The number of halogens is 3. The summed E-state index contributed by atoms with van der Waals surface area (Å²) in [6, 6.07) is 2.81. The highest BCUT2D eigenvalue weighted by Crippen LogP contribution is 2.34. The van der Waals surface area contributed by atoms with Crippen molar-refractivity contribution in [2.24, 2.45) is 0 Å². The minimum absolute atomic E-state index is 0. The molecule has 4 aromatic rings. The van der Waals surface area contributed by atoms with Gasteiger partial charge in [-0.2, -0.15) is 0 Å². The number of quaternary nitrogens is 1. The predicted molar refractivity (Wildman–Crippen MR) is 142 cm³/mol. The molecule has 0 fully saturated rings. The Morgan fingerprint density at radius 2 is 1.42 bits per heavy atom. The maximum atomic E-state index is 13.3. The molecular formula is C25H29ClF2N6O2S2. The van der Waals surface area contributed by atoms with Crippen molar-refractivity contribution in [2.45, 2.75) is 40.2 Å². The predicted octanol–water partition coefficient (Wildman–Crippen LogP) is 2.51. The number of thiazole rings is 2. The lowest BCUT2D eigenvalue weighted by molar-refractivity contribution is -0.535. The highest BCUT2D eigenvalue weighted by molar-refractivity contribution is 7.19. The first kappa shape index (κ1) is 31.2. The minimum Gasteiger partial charge on any atom is -1.00 e. The van der Waals surface area contributed by atoms with E-state index >= 15 is 0 Å². The molecule has 204 valence electrons. The summed E-state index contributed by atoms with van der Waals surface area (Å²) in [7, 11) is 3.59. The molecule has 4 aromatic heterocycles. The second-order valence-corrected chi connectivity index (χ2v) is 11.0. The lowest BCUT2D eigenvalue weighted by Crippen LogP contribution is -3.00. The molecule has 0 aliphatic carbocycles. The van der Waals surface area contributed by atoms with Crippen LogP contribution in [0.25, 0.3) is 21.1 Å². The van der Waals surface area contributed by atoms with E-state index in [-0.39, 0.29) is 18.2 Å². The van der Waals surface area contributed by atoms with Crippen molar-refractivity contribution in [3.63, 3.8) is 0 Å². The number of ether oxygens (including phenoxy) is 1. The van der Waals surface area contributed by atoms with E-state index in [0.29, 0.717) is 21.3 Å². The molecule has 0 saturated heterocycles. The molecule has 2 N–H and O–H groups in total. The van der Waals surface area contributed by atoms with Gasteiger partial charge in [-0.15, -0.1) is 0 Å². The summed E-state index contributed by atoms with van der Waals surface area (Å²) < 4.78 is 31.5. The summed E-state index contributed by atoms with van der Waals surface area (Å²) >= 11 is 2.84. The smallest absolute Gasteiger partial charge is 0.415 e. The van der Waals surface area contributed by atoms with Crippen LogP contribution in [0, 0.1) is 25.5 Å². The van der Waals surface area contributed by atoms with Crippen LogP contribution in [0.1, 0.15) is 32.2 Å². The van der Waals surface area contributed by atoms with Crippen molar-refractivity contribution in [1.29, 1.82) is 0 Å². The minimum atomic E-state index is -0.570. The zero-order chi connectivity index (χ0) is 27.3. The summed E-state index contributed by atoms with van der Waals surface area (Å²) in [5.74, 6) is -0.755. The Kier molecular flexibility index (Phi) is 10.8. The van der Waals surface area contributed by atoms with E-state index in [0.717, 1.165) is 27.5 Å². The third-order valence-electron chi connectivity index (χ3n) is 4.74. The number of anilines is 1. The summed E-state index contributed by atoms with van der Waals surface area (Å²) in [6.45, 7) is 9.16. The van der Waals surface area contributed by atoms with Crippen LogP contribution in [0.4, 0.5) is 23.6 Å². The van der Waals surface area contributed by atoms with Gasteiger partial charge in [0.05, 0.1) is 25.1 Å². The van der Waals surface area contributed by atoms with E-state index in [1.807, 2.05) is 40.1 Å². The SMILES string of the molecule is C[NH2+]c1sc(-c2cncc(F)c2)nc1C.Cc1nc(-c2cncc(F)c2)sc1N(C)C(=O)OC(C)(C)C.[Cl-]. The number of nitrogens with two attached hydrogens (primary N) is 1. The zero-order valence-electron chi connectivity index (χ0n) is 22.0. The van der Waals surface area contributed by atoms with Crippen LogP contribution < -0.4 is 22.6 Å². The Balaban J connectivity index is 0.000000277. The summed E-state index contributed by atoms with van der Waals surface area (Å²) in [5.41, 5.74) is 2.40. The first-order valence-corrected chi connectivity index (χ1v) is 12.9. The molecule has 0 aliphatic rings. The number of rotatable bonds is 4. The van der Waals surface area contributed by atoms with Gasteiger partial charge in [0, 0.05) is 30.6 Å². The number of hydrogen-bond donors (Lipinski definition) is 1. The molecule has 13 heteroatoms. The van der Waals surface area contributed by atoms with Gasteiger partial charge >= 0.3 is 6.09 Å². The lowest BCUT2D eigenvalue weighted by atomic mass is 10.2. The van der Waals surface area contributed by atoms with Gasteiger partial charge in [-0.05, 0) is 46.8 Å². The second-order valence-electron chi connectivity index (χ2n) is 8.99. The van der Waals surface area contributed by atoms with Crippen molar-refractivity contribution in [2.75, 3.05) is 19.0 Å². The van der Waals surface area contributed by atoms with Crippen molar-refractivity contribution >= 4 is 38.8 Å². The van der Waals surface area contributed by atoms with Crippen LogP contribution in [0.5, 0.6) is 0 Å². The monoisotopic (exact) mass is 582 g/mol. The molecule has 0 aliphatic heterocycles. The lowest BCUT2D eigenvalue weighted by Gasteiger charge is -2.23. The normalized spacial score (nSPS) is 10.8. The third-order valence-corrected chi connectivity index (χ3v) is 7.30. The van der Waals surface area contributed by atoms with Gasteiger partial charge in [0.1, 0.15) is 37.9 Å². The van der Waals surface area contributed by atoms with Crippen molar-refractivity contribution < 1.29 is 36.0 Å². The van der Waals surface area contributed by atoms with Gasteiger partial charge < -0.3 is 22.5 Å². The Bertz CT molecular complexity index is 1390. The highest BCUT2D eigenvalue weighted by atomic mass is 35.5. The fraction of sp³-hybridized carbons (Fsp3) is 0.320. The molecule has 0 radical (unpaired) electrons. The molecule has 0 bridgehead atoms. The fourth-order valence-electron chi connectivity index (χ4n) is 3.09. The molecule has 0 atom stereocenters. The number of aryl methyl sites for hydroxylation is 2. The average Bonchev–Trinajstić information content (AvgIpc) is 3.40. The van der Waals surface area contributed by atoms with Crippen LogP contribution in [-0.4, -0.2) is 45.7 Å². The van der Waals surface area contributed by atoms with Crippen LogP contribution in [0.2, 0.25) is 0 Å². The van der Waals surface area contributed by atoms with E-state index in [4.69, 9.17) is 4.74 Å². The number of nitrogens with zero attached hydrogens (tertiary/aromatic N) is 5. The Morgan fingerprint density at radius 1 is 0.921 bits per heavy atom. The van der Waals surface area contributed by atoms with Crippen LogP contribution in [0.15, 0.2) is 36.9 Å². The maximum absolute atomic E-state index is 13.3. The molecule has 4 heterocycles. The first-order valence-electron chi connectivity index (χ1n) is 11.3. The van der Waals surface area contributed by atoms with Crippen LogP contribution >= 0.6 is 22.7 Å². The molecule has 0 unspecified atom stereocenters. The molecule has 0 spiro atoms. The molecular weight excluding hydrogens is 554 g/mol. The van der Waals surface area contributed by atoms with E-state index in [1.54, 1.807) is 37.7 Å². The van der Waals surface area contributed by atoms with Gasteiger partial charge in [0.2, 0.25) is 5.00 Å². The van der Waals surface area contributed by atoms with Gasteiger partial charge in [0.25, 0.3) is 0 Å². The molecule has 8 nitrogen and oxygen atoms in total. The average molecular weight is 583 g/mol. The number of pyridine rings is 2. The molecule has 1 amide bonds. The van der Waals surface area contributed by atoms with Crippen molar-refractivity contribution in [1.82, 2.24) is 19.9 Å². The summed E-state index contributed by atoms with van der Waals surface area (Å²) in [4.78, 5) is 29.9. The van der Waals surface area contributed by atoms with Crippen LogP contribution in [-0.2, 0) is 4.74 Å².